The quantitative estimate of drug-likeness (QED) is 0.471. The molecule has 0 saturated carbocycles. The predicted octanol–water partition coefficient (Wildman–Crippen LogP) is 1.98. The lowest BCUT2D eigenvalue weighted by molar-refractivity contribution is -0.148. The number of amides is 2. The second-order valence-electron chi connectivity index (χ2n) is 7.17. The standard InChI is InChI=1S/C22H26FN3O6S/c1-3-18(4-2)32-20(27)14-25-22(29)19-10-7-16(13-24-19)21(28)26-33(30,31)12-11-15-5-8-17(23)9-6-15/h5-10,13,18H,3-4,11-12,14H2,1-2H3,(H,25,29)(H,26,28). The van der Waals surface area contributed by atoms with Crippen molar-refractivity contribution in [1.82, 2.24) is 15.0 Å². The van der Waals surface area contributed by atoms with Crippen LogP contribution >= 0.6 is 0 Å². The van der Waals surface area contributed by atoms with Gasteiger partial charge < -0.3 is 10.1 Å². The largest absolute Gasteiger partial charge is 0.461 e. The molecular formula is C22H26FN3O6S. The molecule has 0 aliphatic heterocycles. The molecule has 2 rings (SSSR count). The third-order valence-electron chi connectivity index (χ3n) is 4.68. The lowest BCUT2D eigenvalue weighted by Gasteiger charge is -2.14. The van der Waals surface area contributed by atoms with Gasteiger partial charge in [0.15, 0.2) is 0 Å². The second-order valence-corrected chi connectivity index (χ2v) is 9.01. The topological polar surface area (TPSA) is 132 Å². The van der Waals surface area contributed by atoms with Gasteiger partial charge >= 0.3 is 5.97 Å². The van der Waals surface area contributed by atoms with Crippen LogP contribution in [0.25, 0.3) is 0 Å². The van der Waals surface area contributed by atoms with Crippen molar-refractivity contribution in [3.63, 3.8) is 0 Å². The molecule has 0 spiro atoms. The first-order valence-electron chi connectivity index (χ1n) is 10.4. The Hall–Kier alpha value is -3.34. The Morgan fingerprint density at radius 2 is 1.70 bits per heavy atom. The van der Waals surface area contributed by atoms with Gasteiger partial charge in [0.1, 0.15) is 24.2 Å². The highest BCUT2D eigenvalue weighted by Gasteiger charge is 2.18. The van der Waals surface area contributed by atoms with Crippen LogP contribution in [0, 0.1) is 5.82 Å². The van der Waals surface area contributed by atoms with Crippen molar-refractivity contribution in [2.24, 2.45) is 0 Å². The van der Waals surface area contributed by atoms with Crippen molar-refractivity contribution in [3.05, 3.63) is 65.2 Å². The van der Waals surface area contributed by atoms with Gasteiger partial charge in [-0.15, -0.1) is 0 Å². The highest BCUT2D eigenvalue weighted by atomic mass is 32.2. The highest BCUT2D eigenvalue weighted by Crippen LogP contribution is 2.06. The molecule has 0 aliphatic carbocycles. The molecule has 0 unspecified atom stereocenters. The Morgan fingerprint density at radius 3 is 2.27 bits per heavy atom. The summed E-state index contributed by atoms with van der Waals surface area (Å²) >= 11 is 0. The van der Waals surface area contributed by atoms with Crippen LogP contribution in [0.4, 0.5) is 4.39 Å². The van der Waals surface area contributed by atoms with E-state index >= 15 is 0 Å². The molecule has 1 aromatic heterocycles. The van der Waals surface area contributed by atoms with Gasteiger partial charge in [-0.25, -0.2) is 17.5 Å². The minimum Gasteiger partial charge on any atom is -0.461 e. The van der Waals surface area contributed by atoms with Gasteiger partial charge in [-0.2, -0.15) is 0 Å². The van der Waals surface area contributed by atoms with Gasteiger partial charge in [0.25, 0.3) is 11.8 Å². The molecule has 0 radical (unpaired) electrons. The Kier molecular flexibility index (Phi) is 9.46. The minimum absolute atomic E-state index is 0.0546. The zero-order valence-electron chi connectivity index (χ0n) is 18.3. The Labute approximate surface area is 191 Å². The number of carbonyl (C=O) groups excluding carboxylic acids is 3. The summed E-state index contributed by atoms with van der Waals surface area (Å²) in [5.41, 5.74) is 0.487. The maximum absolute atomic E-state index is 12.9. The van der Waals surface area contributed by atoms with E-state index in [9.17, 15) is 27.2 Å². The van der Waals surface area contributed by atoms with E-state index in [1.165, 1.54) is 36.4 Å². The first kappa shape index (κ1) is 25.9. The van der Waals surface area contributed by atoms with E-state index < -0.39 is 33.6 Å². The number of nitrogens with zero attached hydrogens (tertiary/aromatic N) is 1. The van der Waals surface area contributed by atoms with Gasteiger partial charge in [0, 0.05) is 6.20 Å². The zero-order chi connectivity index (χ0) is 24.4. The van der Waals surface area contributed by atoms with E-state index in [2.05, 4.69) is 10.3 Å². The van der Waals surface area contributed by atoms with Crippen LogP contribution in [-0.4, -0.2) is 49.6 Å². The number of hydrogen-bond acceptors (Lipinski definition) is 7. The van der Waals surface area contributed by atoms with E-state index in [1.807, 2.05) is 18.6 Å². The molecule has 178 valence electrons. The van der Waals surface area contributed by atoms with Gasteiger partial charge in [-0.3, -0.25) is 19.4 Å². The fourth-order valence-electron chi connectivity index (χ4n) is 2.74. The number of esters is 1. The summed E-state index contributed by atoms with van der Waals surface area (Å²) < 4.78 is 44.4. The molecule has 0 atom stereocenters. The summed E-state index contributed by atoms with van der Waals surface area (Å²) in [6, 6.07) is 7.86. The first-order chi connectivity index (χ1) is 15.6. The van der Waals surface area contributed by atoms with Crippen LogP contribution in [0.15, 0.2) is 42.6 Å². The molecule has 9 nitrogen and oxygen atoms in total. The Morgan fingerprint density at radius 1 is 1.03 bits per heavy atom. The molecule has 0 bridgehead atoms. The van der Waals surface area contributed by atoms with Crippen LogP contribution in [0.5, 0.6) is 0 Å². The number of aromatic nitrogens is 1. The van der Waals surface area contributed by atoms with E-state index in [1.54, 1.807) is 0 Å². The van der Waals surface area contributed by atoms with Crippen molar-refractivity contribution in [1.29, 1.82) is 0 Å². The average Bonchev–Trinajstić information content (AvgIpc) is 2.80. The number of benzene rings is 1. The smallest absolute Gasteiger partial charge is 0.325 e. The molecule has 0 aliphatic rings. The van der Waals surface area contributed by atoms with E-state index in [4.69, 9.17) is 4.74 Å². The van der Waals surface area contributed by atoms with Gasteiger partial charge in [-0.1, -0.05) is 26.0 Å². The number of sulfonamides is 1. The third kappa shape index (κ3) is 8.60. The van der Waals surface area contributed by atoms with Crippen LogP contribution in [-0.2, 0) is 26.0 Å². The monoisotopic (exact) mass is 479 g/mol. The predicted molar refractivity (Wildman–Crippen MR) is 118 cm³/mol. The molecule has 33 heavy (non-hydrogen) atoms. The fraction of sp³-hybridized carbons (Fsp3) is 0.364. The van der Waals surface area contributed by atoms with Crippen molar-refractivity contribution < 1.29 is 31.9 Å². The van der Waals surface area contributed by atoms with Crippen molar-refractivity contribution in [2.75, 3.05) is 12.3 Å². The summed E-state index contributed by atoms with van der Waals surface area (Å²) in [5, 5.41) is 2.38. The van der Waals surface area contributed by atoms with Gasteiger partial charge in [0.05, 0.1) is 11.3 Å². The summed E-state index contributed by atoms with van der Waals surface area (Å²) in [6.07, 6.45) is 2.28. The Balaban J connectivity index is 1.87. The molecule has 1 heterocycles. The first-order valence-corrected chi connectivity index (χ1v) is 12.0. The molecule has 2 amide bonds. The van der Waals surface area contributed by atoms with E-state index in [-0.39, 0.29) is 36.1 Å². The van der Waals surface area contributed by atoms with E-state index in [0.29, 0.717) is 18.4 Å². The van der Waals surface area contributed by atoms with Crippen molar-refractivity contribution >= 4 is 27.8 Å². The van der Waals surface area contributed by atoms with Crippen LogP contribution in [0.1, 0.15) is 53.1 Å². The molecule has 0 saturated heterocycles. The molecule has 11 heteroatoms. The summed E-state index contributed by atoms with van der Waals surface area (Å²) in [6.45, 7) is 3.45. The van der Waals surface area contributed by atoms with Crippen LogP contribution in [0.3, 0.4) is 0 Å². The number of carbonyl (C=O) groups is 3. The summed E-state index contributed by atoms with van der Waals surface area (Å²) in [7, 11) is -3.95. The average molecular weight is 480 g/mol. The minimum atomic E-state index is -3.95. The third-order valence-corrected chi connectivity index (χ3v) is 5.92. The number of hydrogen-bond donors (Lipinski definition) is 2. The molecule has 2 N–H and O–H groups in total. The number of halogens is 1. The van der Waals surface area contributed by atoms with E-state index in [0.717, 1.165) is 6.20 Å². The number of nitrogens with one attached hydrogen (secondary N) is 2. The van der Waals surface area contributed by atoms with Gasteiger partial charge in [0.2, 0.25) is 10.0 Å². The van der Waals surface area contributed by atoms with Crippen molar-refractivity contribution in [2.45, 2.75) is 39.2 Å². The van der Waals surface area contributed by atoms with Crippen LogP contribution < -0.4 is 10.0 Å². The molecular weight excluding hydrogens is 453 g/mol. The number of pyridine rings is 1. The lowest BCUT2D eigenvalue weighted by Crippen LogP contribution is -2.34. The zero-order valence-corrected chi connectivity index (χ0v) is 19.2. The highest BCUT2D eigenvalue weighted by molar-refractivity contribution is 7.90. The summed E-state index contributed by atoms with van der Waals surface area (Å²) in [5.74, 6) is -2.91. The summed E-state index contributed by atoms with van der Waals surface area (Å²) in [4.78, 5) is 40.0. The SMILES string of the molecule is CCC(CC)OC(=O)CNC(=O)c1ccc(C(=O)NS(=O)(=O)CCc2ccc(F)cc2)cn1. The molecule has 0 fully saturated rings. The molecule has 1 aromatic carbocycles. The second kappa shape index (κ2) is 12.0. The fourth-order valence-corrected chi connectivity index (χ4v) is 3.75. The van der Waals surface area contributed by atoms with Crippen LogP contribution in [0.2, 0.25) is 0 Å². The number of ether oxygens (including phenoxy) is 1. The molecule has 2 aromatic rings. The maximum Gasteiger partial charge on any atom is 0.325 e. The number of aryl methyl sites for hydroxylation is 1. The number of rotatable bonds is 11. The maximum atomic E-state index is 12.9. The van der Waals surface area contributed by atoms with Gasteiger partial charge in [-0.05, 0) is 49.1 Å². The normalized spacial score (nSPS) is 11.2. The Bertz CT molecular complexity index is 1070. The van der Waals surface area contributed by atoms with Crippen molar-refractivity contribution in [3.8, 4) is 0 Å². The lowest BCUT2D eigenvalue weighted by atomic mass is 10.2.